The van der Waals surface area contributed by atoms with Gasteiger partial charge in [-0.15, -0.1) is 0 Å². The van der Waals surface area contributed by atoms with Crippen molar-refractivity contribution in [3.05, 3.63) is 0 Å². The number of hydrogen-bond donors (Lipinski definition) is 6. The van der Waals surface area contributed by atoms with Gasteiger partial charge in [-0.05, 0) is 20.8 Å². The number of methoxy groups -OCH3 is 3. The van der Waals surface area contributed by atoms with E-state index >= 15 is 0 Å². The van der Waals surface area contributed by atoms with Gasteiger partial charge in [0.15, 0.2) is 25.2 Å². The third-order valence-corrected chi connectivity index (χ3v) is 8.62. The van der Waals surface area contributed by atoms with Crippen molar-refractivity contribution in [2.75, 3.05) is 27.9 Å². The first-order valence-electron chi connectivity index (χ1n) is 14.6. The molecule has 18 atom stereocenters. The molecule has 0 saturated carbocycles. The van der Waals surface area contributed by atoms with Crippen molar-refractivity contribution in [1.29, 1.82) is 0 Å². The number of ether oxygens (including phenoxy) is 10. The highest BCUT2D eigenvalue weighted by Gasteiger charge is 2.52. The summed E-state index contributed by atoms with van der Waals surface area (Å²) < 4.78 is 58.2. The van der Waals surface area contributed by atoms with Gasteiger partial charge in [0, 0.05) is 34.2 Å². The molecule has 6 N–H and O–H groups in total. The largest absolute Gasteiger partial charge is 0.394 e. The second-order valence-corrected chi connectivity index (χ2v) is 11.5. The fourth-order valence-electron chi connectivity index (χ4n) is 6.18. The van der Waals surface area contributed by atoms with Crippen LogP contribution >= 0.6 is 0 Å². The van der Waals surface area contributed by atoms with Crippen molar-refractivity contribution in [1.82, 2.24) is 0 Å². The fourth-order valence-corrected chi connectivity index (χ4v) is 6.18. The average molecular weight is 629 g/mol. The third kappa shape index (κ3) is 7.68. The van der Waals surface area contributed by atoms with Crippen molar-refractivity contribution in [3.63, 3.8) is 0 Å². The Morgan fingerprint density at radius 3 is 1.74 bits per heavy atom. The molecule has 0 bridgehead atoms. The molecule has 0 radical (unpaired) electrons. The molecule has 16 nitrogen and oxygen atoms in total. The van der Waals surface area contributed by atoms with Crippen molar-refractivity contribution >= 4 is 0 Å². The lowest BCUT2D eigenvalue weighted by Gasteiger charge is -2.48. The van der Waals surface area contributed by atoms with Gasteiger partial charge in [-0.2, -0.15) is 0 Å². The summed E-state index contributed by atoms with van der Waals surface area (Å²) in [5.41, 5.74) is 0. The molecule has 0 aliphatic carbocycles. The van der Waals surface area contributed by atoms with Crippen LogP contribution in [0.4, 0.5) is 0 Å². The van der Waals surface area contributed by atoms with Crippen LogP contribution in [0.15, 0.2) is 0 Å². The van der Waals surface area contributed by atoms with E-state index in [-0.39, 0.29) is 12.8 Å². The topological polar surface area (TPSA) is 214 Å². The van der Waals surface area contributed by atoms with Crippen molar-refractivity contribution in [3.8, 4) is 0 Å². The Bertz CT molecular complexity index is 852. The van der Waals surface area contributed by atoms with Crippen LogP contribution in [0.25, 0.3) is 0 Å². The molecule has 0 amide bonds. The van der Waals surface area contributed by atoms with Gasteiger partial charge in [0.25, 0.3) is 0 Å². The minimum absolute atomic E-state index is 0.254. The minimum Gasteiger partial charge on any atom is -0.394 e. The van der Waals surface area contributed by atoms with Gasteiger partial charge in [-0.3, -0.25) is 0 Å². The zero-order chi connectivity index (χ0) is 31.6. The molecule has 0 spiro atoms. The molecular formula is C27H48O16. The quantitative estimate of drug-likeness (QED) is 0.146. The van der Waals surface area contributed by atoms with Crippen LogP contribution in [0.3, 0.4) is 0 Å². The summed E-state index contributed by atoms with van der Waals surface area (Å²) in [5.74, 6) is 0. The summed E-state index contributed by atoms with van der Waals surface area (Å²) in [6.45, 7) is 4.60. The Morgan fingerprint density at radius 2 is 1.12 bits per heavy atom. The van der Waals surface area contributed by atoms with Crippen LogP contribution in [-0.2, 0) is 47.4 Å². The average Bonchev–Trinajstić information content (AvgIpc) is 2.97. The summed E-state index contributed by atoms with van der Waals surface area (Å²) in [4.78, 5) is 0. The number of aliphatic hydroxyl groups excluding tert-OH is 6. The summed E-state index contributed by atoms with van der Waals surface area (Å²) >= 11 is 0. The molecule has 4 fully saturated rings. The van der Waals surface area contributed by atoms with Gasteiger partial charge >= 0.3 is 0 Å². The number of rotatable bonds is 10. The molecule has 252 valence electrons. The van der Waals surface area contributed by atoms with E-state index in [1.807, 2.05) is 0 Å². The number of hydrogen-bond acceptors (Lipinski definition) is 16. The second-order valence-electron chi connectivity index (χ2n) is 11.5. The number of aliphatic hydroxyl groups is 6. The molecule has 1 unspecified atom stereocenters. The molecule has 16 heteroatoms. The lowest BCUT2D eigenvalue weighted by molar-refractivity contribution is -0.373. The third-order valence-electron chi connectivity index (χ3n) is 8.62. The van der Waals surface area contributed by atoms with E-state index in [2.05, 4.69) is 0 Å². The maximum atomic E-state index is 11.2. The summed E-state index contributed by atoms with van der Waals surface area (Å²) in [5, 5.41) is 61.3. The Balaban J connectivity index is 1.39. The highest BCUT2D eigenvalue weighted by atomic mass is 16.8. The predicted molar refractivity (Wildman–Crippen MR) is 141 cm³/mol. The molecule has 0 aromatic carbocycles. The van der Waals surface area contributed by atoms with E-state index in [9.17, 15) is 30.6 Å². The van der Waals surface area contributed by atoms with E-state index in [1.165, 1.54) is 14.2 Å². The van der Waals surface area contributed by atoms with E-state index in [0.29, 0.717) is 0 Å². The zero-order valence-corrected chi connectivity index (χ0v) is 25.3. The molecule has 4 aliphatic heterocycles. The maximum Gasteiger partial charge on any atom is 0.187 e. The van der Waals surface area contributed by atoms with Gasteiger partial charge in [-0.1, -0.05) is 0 Å². The van der Waals surface area contributed by atoms with Gasteiger partial charge in [-0.25, -0.2) is 0 Å². The van der Waals surface area contributed by atoms with Crippen LogP contribution in [0, 0.1) is 0 Å². The smallest absolute Gasteiger partial charge is 0.187 e. The highest BCUT2D eigenvalue weighted by molar-refractivity contribution is 4.95. The minimum atomic E-state index is -1.64. The van der Waals surface area contributed by atoms with Crippen molar-refractivity contribution < 1.29 is 78.0 Å². The fraction of sp³-hybridized carbons (Fsp3) is 1.00. The Morgan fingerprint density at radius 1 is 0.558 bits per heavy atom. The summed E-state index contributed by atoms with van der Waals surface area (Å²) in [7, 11) is 4.43. The van der Waals surface area contributed by atoms with E-state index in [4.69, 9.17) is 47.4 Å². The van der Waals surface area contributed by atoms with Gasteiger partial charge in [0.1, 0.15) is 54.9 Å². The SMILES string of the molecule is CO[C@@H]1[C@@H](O)[C@H](O[C@H]2[C@@H](OC)C[C@H](O[C@H]3[C@@H](OC)CC(O)O[C@@H]3C)O[C@@H]2C)O[C@H](C)[C@H]1O[C@@H]1O[C@H](CO)[C@@H](O)[C@H](O)[C@H]1O. The summed E-state index contributed by atoms with van der Waals surface area (Å²) in [6, 6.07) is 0. The predicted octanol–water partition coefficient (Wildman–Crippen LogP) is -2.65. The molecular weight excluding hydrogens is 580 g/mol. The highest BCUT2D eigenvalue weighted by Crippen LogP contribution is 2.35. The second kappa shape index (κ2) is 15.3. The monoisotopic (exact) mass is 628 g/mol. The lowest BCUT2D eigenvalue weighted by atomic mass is 9.96. The van der Waals surface area contributed by atoms with Crippen LogP contribution in [0.2, 0.25) is 0 Å². The normalized spacial score (nSPS) is 51.3. The maximum absolute atomic E-state index is 11.2. The van der Waals surface area contributed by atoms with Crippen LogP contribution in [-0.4, -0.2) is 169 Å². The lowest BCUT2D eigenvalue weighted by Crippen LogP contribution is -2.65. The van der Waals surface area contributed by atoms with Crippen LogP contribution in [0.5, 0.6) is 0 Å². The van der Waals surface area contributed by atoms with Crippen LogP contribution in [0.1, 0.15) is 33.6 Å². The van der Waals surface area contributed by atoms with E-state index < -0.39 is 117 Å². The van der Waals surface area contributed by atoms with Crippen molar-refractivity contribution in [2.24, 2.45) is 0 Å². The molecule has 0 aromatic heterocycles. The molecule has 4 rings (SSSR count). The zero-order valence-electron chi connectivity index (χ0n) is 25.3. The molecule has 43 heavy (non-hydrogen) atoms. The Hall–Kier alpha value is -0.640. The molecule has 4 aliphatic rings. The van der Waals surface area contributed by atoms with Crippen LogP contribution < -0.4 is 0 Å². The van der Waals surface area contributed by atoms with E-state index in [0.717, 1.165) is 0 Å². The first kappa shape index (κ1) is 35.2. The Kier molecular flexibility index (Phi) is 12.5. The first-order valence-corrected chi connectivity index (χ1v) is 14.6. The molecule has 0 aromatic rings. The molecule has 4 heterocycles. The Labute approximate surface area is 250 Å². The summed E-state index contributed by atoms with van der Waals surface area (Å²) in [6.07, 6.45) is -17.0. The van der Waals surface area contributed by atoms with Crippen molar-refractivity contribution in [2.45, 2.75) is 144 Å². The van der Waals surface area contributed by atoms with Gasteiger partial charge in [0.05, 0.1) is 37.1 Å². The first-order chi connectivity index (χ1) is 20.4. The van der Waals surface area contributed by atoms with Gasteiger partial charge < -0.3 is 78.0 Å². The standard InChI is InChI=1S/C27H48O16/c1-10-22(13(34-4)7-16(29)37-10)41-17-8-14(35-5)23(11(2)38-17)42-27-21(33)25(36-6)24(12(3)39-27)43-26-20(32)19(31)18(30)15(9-28)40-26/h10-33H,7-9H2,1-6H3/t10-,11-,12-,13+,14+,15-,16?,17+,18-,19+,20-,21-,22-,23-,24-,25-,26+,27+/m1/s1. The van der Waals surface area contributed by atoms with E-state index in [1.54, 1.807) is 27.9 Å². The van der Waals surface area contributed by atoms with Gasteiger partial charge in [0.2, 0.25) is 0 Å². The molecule has 4 saturated heterocycles.